The molecule has 2 aromatic rings. The van der Waals surface area contributed by atoms with E-state index in [2.05, 4.69) is 15.4 Å². The van der Waals surface area contributed by atoms with Crippen LogP contribution in [0, 0.1) is 20.8 Å². The van der Waals surface area contributed by atoms with E-state index in [0.29, 0.717) is 5.13 Å². The number of aromatic nitrogens is 3. The van der Waals surface area contributed by atoms with Crippen molar-refractivity contribution in [3.63, 3.8) is 0 Å². The van der Waals surface area contributed by atoms with Crippen molar-refractivity contribution >= 4 is 28.5 Å². The average molecular weight is 276 g/mol. The minimum Gasteiger partial charge on any atom is -0.298 e. The molecule has 0 saturated heterocycles. The van der Waals surface area contributed by atoms with Gasteiger partial charge in [0, 0.05) is 29.8 Å². The molecule has 0 spiro atoms. The first-order chi connectivity index (χ1) is 8.97. The second-order valence-electron chi connectivity index (χ2n) is 4.32. The van der Waals surface area contributed by atoms with Crippen LogP contribution in [0.15, 0.2) is 11.5 Å². The Labute approximate surface area is 116 Å². The summed E-state index contributed by atoms with van der Waals surface area (Å²) in [6, 6.07) is 0. The van der Waals surface area contributed by atoms with Gasteiger partial charge in [-0.15, -0.1) is 11.3 Å². The monoisotopic (exact) mass is 276 g/mol. The van der Waals surface area contributed by atoms with Crippen LogP contribution in [-0.4, -0.2) is 20.7 Å². The number of thiazole rings is 1. The fourth-order valence-electron chi connectivity index (χ4n) is 1.75. The average Bonchev–Trinajstić information content (AvgIpc) is 2.83. The molecule has 2 aromatic heterocycles. The molecule has 5 nitrogen and oxygen atoms in total. The van der Waals surface area contributed by atoms with Crippen LogP contribution in [0.1, 0.15) is 22.6 Å². The molecule has 1 N–H and O–H groups in total. The van der Waals surface area contributed by atoms with Crippen LogP contribution in [0.5, 0.6) is 0 Å². The summed E-state index contributed by atoms with van der Waals surface area (Å²) in [5.41, 5.74) is 3.83. The number of anilines is 1. The fraction of sp³-hybridized carbons (Fsp3) is 0.308. The highest BCUT2D eigenvalue weighted by Crippen LogP contribution is 2.16. The van der Waals surface area contributed by atoms with E-state index in [1.165, 1.54) is 17.4 Å². The normalized spacial score (nSPS) is 11.2. The molecule has 19 heavy (non-hydrogen) atoms. The molecule has 0 fully saturated rings. The van der Waals surface area contributed by atoms with E-state index in [4.69, 9.17) is 0 Å². The lowest BCUT2D eigenvalue weighted by Gasteiger charge is -1.96. The van der Waals surface area contributed by atoms with Crippen LogP contribution >= 0.6 is 11.3 Å². The molecule has 100 valence electrons. The third-order valence-corrected chi connectivity index (χ3v) is 3.69. The van der Waals surface area contributed by atoms with Crippen molar-refractivity contribution < 1.29 is 4.79 Å². The van der Waals surface area contributed by atoms with Crippen LogP contribution in [0.3, 0.4) is 0 Å². The van der Waals surface area contributed by atoms with E-state index < -0.39 is 0 Å². The first kappa shape index (κ1) is 13.5. The summed E-state index contributed by atoms with van der Waals surface area (Å²) >= 11 is 1.42. The Morgan fingerprint density at radius 3 is 2.68 bits per heavy atom. The summed E-state index contributed by atoms with van der Waals surface area (Å²) in [6.07, 6.45) is 3.29. The molecule has 0 unspecified atom stereocenters. The van der Waals surface area contributed by atoms with Gasteiger partial charge in [0.25, 0.3) is 0 Å². The van der Waals surface area contributed by atoms with Gasteiger partial charge < -0.3 is 0 Å². The van der Waals surface area contributed by atoms with Gasteiger partial charge in [-0.05, 0) is 26.8 Å². The summed E-state index contributed by atoms with van der Waals surface area (Å²) in [5, 5.41) is 9.55. The standard InChI is InChI=1S/C13H16N4OS/c1-8-7-19-13(14-8)15-12(18)6-5-11-9(2)16-17(4)10(11)3/h5-7H,1-4H3,(H,14,15,18). The van der Waals surface area contributed by atoms with Gasteiger partial charge in [-0.25, -0.2) is 4.98 Å². The summed E-state index contributed by atoms with van der Waals surface area (Å²) in [7, 11) is 1.89. The molecule has 0 aliphatic heterocycles. The van der Waals surface area contributed by atoms with E-state index in [-0.39, 0.29) is 5.91 Å². The van der Waals surface area contributed by atoms with Crippen molar-refractivity contribution in [2.24, 2.45) is 7.05 Å². The van der Waals surface area contributed by atoms with Crippen molar-refractivity contribution in [3.05, 3.63) is 34.1 Å². The number of carbonyl (C=O) groups is 1. The van der Waals surface area contributed by atoms with Crippen LogP contribution in [0.25, 0.3) is 6.08 Å². The molecule has 2 heterocycles. The van der Waals surface area contributed by atoms with Crippen molar-refractivity contribution in [1.82, 2.24) is 14.8 Å². The van der Waals surface area contributed by atoms with Crippen LogP contribution < -0.4 is 5.32 Å². The molecule has 0 radical (unpaired) electrons. The molecule has 0 saturated carbocycles. The number of nitrogens with zero attached hydrogens (tertiary/aromatic N) is 3. The van der Waals surface area contributed by atoms with Gasteiger partial charge in [-0.1, -0.05) is 0 Å². The second-order valence-corrected chi connectivity index (χ2v) is 5.18. The Morgan fingerprint density at radius 1 is 1.42 bits per heavy atom. The van der Waals surface area contributed by atoms with Gasteiger partial charge in [0.05, 0.1) is 11.4 Å². The lowest BCUT2D eigenvalue weighted by Crippen LogP contribution is -2.07. The Bertz CT molecular complexity index is 639. The molecule has 0 aliphatic carbocycles. The zero-order chi connectivity index (χ0) is 14.0. The number of aryl methyl sites for hydroxylation is 3. The lowest BCUT2D eigenvalue weighted by molar-refractivity contribution is -0.111. The van der Waals surface area contributed by atoms with Crippen LogP contribution in [0.2, 0.25) is 0 Å². The Morgan fingerprint density at radius 2 is 2.16 bits per heavy atom. The third kappa shape index (κ3) is 3.08. The molecule has 1 amide bonds. The van der Waals surface area contributed by atoms with E-state index in [1.54, 1.807) is 10.8 Å². The van der Waals surface area contributed by atoms with Crippen LogP contribution in [0.4, 0.5) is 5.13 Å². The molecule has 0 bridgehead atoms. The van der Waals surface area contributed by atoms with Crippen molar-refractivity contribution in [3.8, 4) is 0 Å². The minimum atomic E-state index is -0.183. The molecule has 2 rings (SSSR count). The largest absolute Gasteiger partial charge is 0.298 e. The zero-order valence-corrected chi connectivity index (χ0v) is 12.2. The summed E-state index contributed by atoms with van der Waals surface area (Å²) in [6.45, 7) is 5.79. The first-order valence-electron chi connectivity index (χ1n) is 5.88. The predicted octanol–water partition coefficient (Wildman–Crippen LogP) is 2.45. The molecule has 0 aliphatic rings. The van der Waals surface area contributed by atoms with Gasteiger partial charge in [-0.3, -0.25) is 14.8 Å². The summed E-state index contributed by atoms with van der Waals surface area (Å²) < 4.78 is 1.80. The Balaban J connectivity index is 2.08. The predicted molar refractivity (Wildman–Crippen MR) is 77.2 cm³/mol. The maximum Gasteiger partial charge on any atom is 0.250 e. The number of carbonyl (C=O) groups excluding carboxylic acids is 1. The second kappa shape index (κ2) is 5.36. The quantitative estimate of drug-likeness (QED) is 0.876. The Kier molecular flexibility index (Phi) is 3.80. The van der Waals surface area contributed by atoms with Crippen LogP contribution in [-0.2, 0) is 11.8 Å². The number of amides is 1. The van der Waals surface area contributed by atoms with E-state index in [0.717, 1.165) is 22.6 Å². The van der Waals surface area contributed by atoms with E-state index >= 15 is 0 Å². The third-order valence-electron chi connectivity index (χ3n) is 2.82. The highest BCUT2D eigenvalue weighted by atomic mass is 32.1. The molecular formula is C13H16N4OS. The Hall–Kier alpha value is -1.95. The molecular weight excluding hydrogens is 260 g/mol. The van der Waals surface area contributed by atoms with Gasteiger partial charge >= 0.3 is 0 Å². The van der Waals surface area contributed by atoms with Gasteiger partial charge in [0.1, 0.15) is 0 Å². The topological polar surface area (TPSA) is 59.8 Å². The SMILES string of the molecule is Cc1csc(NC(=O)C=Cc2c(C)nn(C)c2C)n1. The number of hydrogen-bond donors (Lipinski definition) is 1. The first-order valence-corrected chi connectivity index (χ1v) is 6.76. The van der Waals surface area contributed by atoms with E-state index in [1.807, 2.05) is 33.2 Å². The fourth-order valence-corrected chi connectivity index (χ4v) is 2.44. The minimum absolute atomic E-state index is 0.183. The van der Waals surface area contributed by atoms with E-state index in [9.17, 15) is 4.79 Å². The maximum absolute atomic E-state index is 11.8. The number of nitrogens with one attached hydrogen (secondary N) is 1. The lowest BCUT2D eigenvalue weighted by atomic mass is 10.2. The number of hydrogen-bond acceptors (Lipinski definition) is 4. The molecule has 0 aromatic carbocycles. The maximum atomic E-state index is 11.8. The summed E-state index contributed by atoms with van der Waals surface area (Å²) in [4.78, 5) is 15.9. The summed E-state index contributed by atoms with van der Waals surface area (Å²) in [5.74, 6) is -0.183. The molecule has 6 heteroatoms. The van der Waals surface area contributed by atoms with Crippen molar-refractivity contribution in [2.75, 3.05) is 5.32 Å². The number of rotatable bonds is 3. The van der Waals surface area contributed by atoms with Gasteiger partial charge in [0.2, 0.25) is 5.91 Å². The smallest absolute Gasteiger partial charge is 0.250 e. The molecule has 0 atom stereocenters. The highest BCUT2D eigenvalue weighted by molar-refractivity contribution is 7.13. The zero-order valence-electron chi connectivity index (χ0n) is 11.4. The van der Waals surface area contributed by atoms with Gasteiger partial charge in [-0.2, -0.15) is 5.10 Å². The highest BCUT2D eigenvalue weighted by Gasteiger charge is 2.07. The van der Waals surface area contributed by atoms with Gasteiger partial charge in [0.15, 0.2) is 5.13 Å². The van der Waals surface area contributed by atoms with Crippen molar-refractivity contribution in [1.29, 1.82) is 0 Å². The van der Waals surface area contributed by atoms with Crippen molar-refractivity contribution in [2.45, 2.75) is 20.8 Å².